The summed E-state index contributed by atoms with van der Waals surface area (Å²) in [5.41, 5.74) is 5.81. The molecule has 0 spiro atoms. The minimum Gasteiger partial charge on any atom is -0.346 e. The van der Waals surface area contributed by atoms with Gasteiger partial charge >= 0.3 is 0 Å². The SMILES string of the molecule is CC(C)[C@H](N)C(=O)NCC(=O)Nc1ccc(F)c(N2CCCS2(=O)=O)c1. The maximum Gasteiger partial charge on any atom is 0.243 e. The predicted octanol–water partition coefficient (Wildman–Crippen LogP) is 0.404. The van der Waals surface area contributed by atoms with E-state index in [9.17, 15) is 22.4 Å². The minimum absolute atomic E-state index is 0.0365. The third-order valence-electron chi connectivity index (χ3n) is 4.04. The number of halogens is 1. The van der Waals surface area contributed by atoms with E-state index in [4.69, 9.17) is 5.73 Å². The van der Waals surface area contributed by atoms with Gasteiger partial charge in [0.15, 0.2) is 0 Å². The first-order valence-electron chi connectivity index (χ1n) is 8.25. The average Bonchev–Trinajstić information content (AvgIpc) is 2.92. The number of benzene rings is 1. The summed E-state index contributed by atoms with van der Waals surface area (Å²) in [6, 6.07) is 2.95. The highest BCUT2D eigenvalue weighted by atomic mass is 32.2. The first kappa shape index (κ1) is 20.1. The lowest BCUT2D eigenvalue weighted by Gasteiger charge is -2.19. The number of anilines is 2. The van der Waals surface area contributed by atoms with Crippen LogP contribution in [-0.2, 0) is 19.6 Å². The number of nitrogens with one attached hydrogen (secondary N) is 2. The van der Waals surface area contributed by atoms with Crippen molar-refractivity contribution in [3.05, 3.63) is 24.0 Å². The molecule has 0 unspecified atom stereocenters. The Morgan fingerprint density at radius 2 is 2.04 bits per heavy atom. The molecule has 1 atom stereocenters. The first-order valence-corrected chi connectivity index (χ1v) is 9.86. The van der Waals surface area contributed by atoms with Gasteiger partial charge in [-0.15, -0.1) is 0 Å². The maximum atomic E-state index is 14.0. The summed E-state index contributed by atoms with van der Waals surface area (Å²) in [7, 11) is -3.54. The number of sulfonamides is 1. The fourth-order valence-corrected chi connectivity index (χ4v) is 4.05. The predicted molar refractivity (Wildman–Crippen MR) is 96.6 cm³/mol. The second kappa shape index (κ2) is 8.00. The molecule has 144 valence electrons. The molecule has 0 bridgehead atoms. The second-order valence-electron chi connectivity index (χ2n) is 6.44. The van der Waals surface area contributed by atoms with Crippen LogP contribution in [0.5, 0.6) is 0 Å². The third kappa shape index (κ3) is 4.70. The molecule has 1 fully saturated rings. The molecule has 2 amide bonds. The smallest absolute Gasteiger partial charge is 0.243 e. The Hall–Kier alpha value is -2.20. The zero-order valence-electron chi connectivity index (χ0n) is 14.7. The van der Waals surface area contributed by atoms with Gasteiger partial charge in [-0.2, -0.15) is 0 Å². The van der Waals surface area contributed by atoms with Crippen LogP contribution in [0.2, 0.25) is 0 Å². The van der Waals surface area contributed by atoms with E-state index in [1.165, 1.54) is 12.1 Å². The van der Waals surface area contributed by atoms with Gasteiger partial charge in [-0.3, -0.25) is 13.9 Å². The van der Waals surface area contributed by atoms with Crippen molar-refractivity contribution in [2.75, 3.05) is 28.5 Å². The number of carbonyl (C=O) groups excluding carboxylic acids is 2. The lowest BCUT2D eigenvalue weighted by molar-refractivity contribution is -0.125. The van der Waals surface area contributed by atoms with Crippen LogP contribution in [0.15, 0.2) is 18.2 Å². The van der Waals surface area contributed by atoms with Crippen LogP contribution in [0.4, 0.5) is 15.8 Å². The number of amides is 2. The van der Waals surface area contributed by atoms with Crippen molar-refractivity contribution in [1.29, 1.82) is 0 Å². The van der Waals surface area contributed by atoms with Gasteiger partial charge in [0.2, 0.25) is 21.8 Å². The lowest BCUT2D eigenvalue weighted by atomic mass is 10.1. The monoisotopic (exact) mass is 386 g/mol. The number of hydrogen-bond acceptors (Lipinski definition) is 5. The average molecular weight is 386 g/mol. The van der Waals surface area contributed by atoms with Crippen molar-refractivity contribution in [2.24, 2.45) is 11.7 Å². The molecule has 0 saturated carbocycles. The largest absolute Gasteiger partial charge is 0.346 e. The van der Waals surface area contributed by atoms with Gasteiger partial charge in [0.1, 0.15) is 5.82 Å². The van der Waals surface area contributed by atoms with Gasteiger partial charge in [-0.1, -0.05) is 13.8 Å². The molecule has 0 aliphatic carbocycles. The van der Waals surface area contributed by atoms with E-state index in [2.05, 4.69) is 10.6 Å². The van der Waals surface area contributed by atoms with Crippen LogP contribution in [0.1, 0.15) is 20.3 Å². The fraction of sp³-hybridized carbons (Fsp3) is 0.500. The Kier molecular flexibility index (Phi) is 6.19. The van der Waals surface area contributed by atoms with Gasteiger partial charge in [0.05, 0.1) is 24.0 Å². The molecule has 1 aliphatic heterocycles. The molecule has 1 saturated heterocycles. The number of rotatable bonds is 6. The van der Waals surface area contributed by atoms with Crippen molar-refractivity contribution in [3.8, 4) is 0 Å². The molecule has 1 aromatic carbocycles. The van der Waals surface area contributed by atoms with Crippen LogP contribution in [0.3, 0.4) is 0 Å². The summed E-state index contributed by atoms with van der Waals surface area (Å²) in [4.78, 5) is 23.7. The van der Waals surface area contributed by atoms with Crippen LogP contribution in [0, 0.1) is 11.7 Å². The van der Waals surface area contributed by atoms with Crippen LogP contribution < -0.4 is 20.7 Å². The molecule has 2 rings (SSSR count). The second-order valence-corrected chi connectivity index (χ2v) is 8.46. The summed E-state index contributed by atoms with van der Waals surface area (Å²) in [5, 5.41) is 4.92. The number of hydrogen-bond donors (Lipinski definition) is 3. The zero-order chi connectivity index (χ0) is 19.5. The zero-order valence-corrected chi connectivity index (χ0v) is 15.5. The van der Waals surface area contributed by atoms with Crippen molar-refractivity contribution >= 4 is 33.2 Å². The van der Waals surface area contributed by atoms with Gasteiger partial charge in [-0.25, -0.2) is 12.8 Å². The van der Waals surface area contributed by atoms with Crippen LogP contribution >= 0.6 is 0 Å². The molecule has 26 heavy (non-hydrogen) atoms. The topological polar surface area (TPSA) is 122 Å². The lowest BCUT2D eigenvalue weighted by Crippen LogP contribution is -2.46. The summed E-state index contributed by atoms with van der Waals surface area (Å²) in [6.07, 6.45) is 0.417. The maximum absolute atomic E-state index is 14.0. The number of carbonyl (C=O) groups is 2. The Labute approximate surface area is 152 Å². The quantitative estimate of drug-likeness (QED) is 0.653. The van der Waals surface area contributed by atoms with Gasteiger partial charge < -0.3 is 16.4 Å². The Bertz CT molecular complexity index is 797. The van der Waals surface area contributed by atoms with Crippen molar-refractivity contribution in [1.82, 2.24) is 5.32 Å². The van der Waals surface area contributed by atoms with E-state index in [0.717, 1.165) is 10.4 Å². The van der Waals surface area contributed by atoms with Gasteiger partial charge in [-0.05, 0) is 30.5 Å². The molecule has 10 heteroatoms. The minimum atomic E-state index is -3.54. The Morgan fingerprint density at radius 1 is 1.35 bits per heavy atom. The highest BCUT2D eigenvalue weighted by molar-refractivity contribution is 7.93. The molecule has 0 aromatic heterocycles. The van der Waals surface area contributed by atoms with E-state index in [0.29, 0.717) is 6.42 Å². The van der Waals surface area contributed by atoms with E-state index in [-0.39, 0.29) is 36.1 Å². The van der Waals surface area contributed by atoms with E-state index in [1.54, 1.807) is 13.8 Å². The number of nitrogens with two attached hydrogens (primary N) is 1. The third-order valence-corrected chi connectivity index (χ3v) is 5.90. The molecule has 4 N–H and O–H groups in total. The molecule has 1 aromatic rings. The highest BCUT2D eigenvalue weighted by Gasteiger charge is 2.30. The molecule has 1 heterocycles. The summed E-state index contributed by atoms with van der Waals surface area (Å²) in [6.45, 7) is 3.47. The van der Waals surface area contributed by atoms with Crippen molar-refractivity contribution in [3.63, 3.8) is 0 Å². The van der Waals surface area contributed by atoms with E-state index < -0.39 is 33.7 Å². The molecular weight excluding hydrogens is 363 g/mol. The molecular formula is C16H23FN4O4S. The van der Waals surface area contributed by atoms with Crippen molar-refractivity contribution < 1.29 is 22.4 Å². The molecule has 1 aliphatic rings. The van der Waals surface area contributed by atoms with Crippen LogP contribution in [0.25, 0.3) is 0 Å². The Balaban J connectivity index is 2.03. The van der Waals surface area contributed by atoms with E-state index >= 15 is 0 Å². The summed E-state index contributed by atoms with van der Waals surface area (Å²) >= 11 is 0. The fourth-order valence-electron chi connectivity index (χ4n) is 2.48. The standard InChI is InChI=1S/C16H23FN4O4S/c1-10(2)15(18)16(23)19-9-14(22)20-11-4-5-12(17)13(8-11)21-6-3-7-26(21,24)25/h4-5,8,10,15H,3,6-7,9,18H2,1-2H3,(H,19,23)(H,20,22)/t15-/m0/s1. The van der Waals surface area contributed by atoms with Crippen molar-refractivity contribution in [2.45, 2.75) is 26.3 Å². The summed E-state index contributed by atoms with van der Waals surface area (Å²) in [5.74, 6) is -1.77. The van der Waals surface area contributed by atoms with E-state index in [1.807, 2.05) is 0 Å². The summed E-state index contributed by atoms with van der Waals surface area (Å²) < 4.78 is 38.9. The highest BCUT2D eigenvalue weighted by Crippen LogP contribution is 2.29. The number of nitrogens with zero attached hydrogens (tertiary/aromatic N) is 1. The first-order chi connectivity index (χ1) is 12.1. The van der Waals surface area contributed by atoms with Gasteiger partial charge in [0, 0.05) is 12.2 Å². The van der Waals surface area contributed by atoms with Gasteiger partial charge in [0.25, 0.3) is 0 Å². The Morgan fingerprint density at radius 3 is 2.62 bits per heavy atom. The van der Waals surface area contributed by atoms with Crippen LogP contribution in [-0.4, -0.2) is 45.1 Å². The molecule has 0 radical (unpaired) electrons. The molecule has 8 nitrogen and oxygen atoms in total. The normalized spacial score (nSPS) is 17.2.